The summed E-state index contributed by atoms with van der Waals surface area (Å²) >= 11 is 0. The Bertz CT molecular complexity index is 869. The molecule has 1 fully saturated rings. The quantitative estimate of drug-likeness (QED) is 0.755. The summed E-state index contributed by atoms with van der Waals surface area (Å²) in [6.45, 7) is 0.258. The first-order chi connectivity index (χ1) is 11.7. The lowest BCUT2D eigenvalue weighted by molar-refractivity contribution is -0.117. The van der Waals surface area contributed by atoms with Gasteiger partial charge in [0.05, 0.1) is 5.92 Å². The Morgan fingerprint density at radius 3 is 2.75 bits per heavy atom. The van der Waals surface area contributed by atoms with E-state index in [4.69, 9.17) is 10.2 Å². The number of carbonyl (C=O) groups is 1. The summed E-state index contributed by atoms with van der Waals surface area (Å²) < 4.78 is 5.75. The molecule has 0 aliphatic heterocycles. The number of rotatable bonds is 5. The van der Waals surface area contributed by atoms with Crippen LogP contribution in [0.1, 0.15) is 36.1 Å². The van der Waals surface area contributed by atoms with E-state index in [0.29, 0.717) is 11.6 Å². The number of oxazole rings is 1. The Morgan fingerprint density at radius 1 is 1.25 bits per heavy atom. The third-order valence-corrected chi connectivity index (χ3v) is 4.35. The number of carbonyl (C=O) groups excluding carboxylic acids is 1. The van der Waals surface area contributed by atoms with Crippen molar-refractivity contribution in [2.24, 2.45) is 5.73 Å². The molecule has 122 valence electrons. The van der Waals surface area contributed by atoms with Crippen molar-refractivity contribution in [2.75, 3.05) is 11.9 Å². The molecule has 0 bridgehead atoms. The topological polar surface area (TPSA) is 81.2 Å². The van der Waals surface area contributed by atoms with Crippen LogP contribution < -0.4 is 11.1 Å². The average molecular weight is 321 g/mol. The van der Waals surface area contributed by atoms with Crippen LogP contribution in [-0.4, -0.2) is 17.4 Å². The second kappa shape index (κ2) is 6.09. The summed E-state index contributed by atoms with van der Waals surface area (Å²) in [5.74, 6) is 0.780. The molecule has 4 rings (SSSR count). The van der Waals surface area contributed by atoms with E-state index in [1.807, 2.05) is 48.5 Å². The highest BCUT2D eigenvalue weighted by atomic mass is 16.3. The standard InChI is InChI=1S/C19H19N3O2/c20-11-15(12-4-2-1-3-5-12)18(23)21-14-8-9-17-16(10-14)22-19(24-17)13-6-7-13/h1-5,8-10,13,15H,6-7,11,20H2,(H,21,23). The smallest absolute Gasteiger partial charge is 0.233 e. The van der Waals surface area contributed by atoms with E-state index in [0.717, 1.165) is 35.4 Å². The first-order valence-corrected chi connectivity index (χ1v) is 8.21. The Morgan fingerprint density at radius 2 is 2.04 bits per heavy atom. The maximum absolute atomic E-state index is 12.6. The third kappa shape index (κ3) is 2.90. The summed E-state index contributed by atoms with van der Waals surface area (Å²) in [5.41, 5.74) is 8.96. The lowest BCUT2D eigenvalue weighted by atomic mass is 9.98. The van der Waals surface area contributed by atoms with Gasteiger partial charge in [-0.05, 0) is 36.6 Å². The van der Waals surface area contributed by atoms with Gasteiger partial charge in [-0.3, -0.25) is 4.79 Å². The summed E-state index contributed by atoms with van der Waals surface area (Å²) in [7, 11) is 0. The summed E-state index contributed by atoms with van der Waals surface area (Å²) in [4.78, 5) is 17.1. The average Bonchev–Trinajstić information content (AvgIpc) is 3.36. The van der Waals surface area contributed by atoms with Crippen LogP contribution in [0.25, 0.3) is 11.1 Å². The number of benzene rings is 2. The van der Waals surface area contributed by atoms with Gasteiger partial charge < -0.3 is 15.5 Å². The maximum Gasteiger partial charge on any atom is 0.233 e. The normalized spacial score (nSPS) is 15.4. The van der Waals surface area contributed by atoms with E-state index in [9.17, 15) is 4.79 Å². The molecule has 1 aromatic heterocycles. The summed E-state index contributed by atoms with van der Waals surface area (Å²) in [5, 5.41) is 2.94. The number of fused-ring (bicyclic) bond motifs is 1. The zero-order valence-corrected chi connectivity index (χ0v) is 13.2. The van der Waals surface area contributed by atoms with E-state index in [2.05, 4.69) is 10.3 Å². The van der Waals surface area contributed by atoms with E-state index < -0.39 is 0 Å². The number of nitrogens with two attached hydrogens (primary N) is 1. The van der Waals surface area contributed by atoms with Crippen LogP contribution in [0, 0.1) is 0 Å². The molecule has 1 aliphatic carbocycles. The van der Waals surface area contributed by atoms with Crippen molar-refractivity contribution in [3.05, 3.63) is 60.0 Å². The molecule has 1 atom stereocenters. The molecule has 3 N–H and O–H groups in total. The van der Waals surface area contributed by atoms with Crippen molar-refractivity contribution in [1.82, 2.24) is 4.98 Å². The van der Waals surface area contributed by atoms with E-state index in [1.54, 1.807) is 0 Å². The third-order valence-electron chi connectivity index (χ3n) is 4.35. The number of aromatic nitrogens is 1. The number of anilines is 1. The minimum atomic E-state index is -0.374. The van der Waals surface area contributed by atoms with Crippen molar-refractivity contribution in [1.29, 1.82) is 0 Å². The maximum atomic E-state index is 12.6. The number of amides is 1. The molecule has 5 heteroatoms. The molecule has 0 saturated heterocycles. The van der Waals surface area contributed by atoms with Gasteiger partial charge in [0.1, 0.15) is 5.52 Å². The first-order valence-electron chi connectivity index (χ1n) is 8.21. The molecule has 1 amide bonds. The zero-order valence-electron chi connectivity index (χ0n) is 13.2. The van der Waals surface area contributed by atoms with Gasteiger partial charge in [0.2, 0.25) is 5.91 Å². The first kappa shape index (κ1) is 14.9. The fourth-order valence-corrected chi connectivity index (χ4v) is 2.84. The molecule has 1 heterocycles. The fourth-order valence-electron chi connectivity index (χ4n) is 2.84. The lowest BCUT2D eigenvalue weighted by Crippen LogP contribution is -2.27. The number of nitrogens with one attached hydrogen (secondary N) is 1. The van der Waals surface area contributed by atoms with Gasteiger partial charge in [0, 0.05) is 18.2 Å². The van der Waals surface area contributed by atoms with E-state index in [1.165, 1.54) is 0 Å². The lowest BCUT2D eigenvalue weighted by Gasteiger charge is -2.15. The van der Waals surface area contributed by atoms with Crippen molar-refractivity contribution >= 4 is 22.7 Å². The highest BCUT2D eigenvalue weighted by molar-refractivity contribution is 5.97. The molecule has 1 aliphatic rings. The van der Waals surface area contributed by atoms with Gasteiger partial charge in [-0.15, -0.1) is 0 Å². The molecule has 1 unspecified atom stereocenters. The molecule has 0 spiro atoms. The van der Waals surface area contributed by atoms with Gasteiger partial charge in [-0.25, -0.2) is 4.98 Å². The summed E-state index contributed by atoms with van der Waals surface area (Å²) in [6.07, 6.45) is 2.29. The van der Waals surface area contributed by atoms with Crippen molar-refractivity contribution < 1.29 is 9.21 Å². The number of hydrogen-bond donors (Lipinski definition) is 2. The Labute approximate surface area is 139 Å². The highest BCUT2D eigenvalue weighted by Gasteiger charge is 2.29. The van der Waals surface area contributed by atoms with Gasteiger partial charge in [0.15, 0.2) is 11.5 Å². The molecule has 5 nitrogen and oxygen atoms in total. The van der Waals surface area contributed by atoms with Crippen LogP contribution in [0.2, 0.25) is 0 Å². The van der Waals surface area contributed by atoms with Crippen molar-refractivity contribution in [3.8, 4) is 0 Å². The summed E-state index contributed by atoms with van der Waals surface area (Å²) in [6, 6.07) is 15.1. The van der Waals surface area contributed by atoms with Crippen molar-refractivity contribution in [2.45, 2.75) is 24.7 Å². The molecule has 1 saturated carbocycles. The molecular weight excluding hydrogens is 302 g/mol. The fraction of sp³-hybridized carbons (Fsp3) is 0.263. The monoisotopic (exact) mass is 321 g/mol. The van der Waals surface area contributed by atoms with Gasteiger partial charge in [-0.2, -0.15) is 0 Å². The predicted octanol–water partition coefficient (Wildman–Crippen LogP) is 3.39. The molecule has 3 aromatic rings. The molecular formula is C19H19N3O2. The minimum absolute atomic E-state index is 0.117. The van der Waals surface area contributed by atoms with Gasteiger partial charge in [-0.1, -0.05) is 30.3 Å². The minimum Gasteiger partial charge on any atom is -0.440 e. The number of hydrogen-bond acceptors (Lipinski definition) is 4. The second-order valence-corrected chi connectivity index (χ2v) is 6.20. The number of nitrogens with zero attached hydrogens (tertiary/aromatic N) is 1. The van der Waals surface area contributed by atoms with Crippen LogP contribution in [0.5, 0.6) is 0 Å². The van der Waals surface area contributed by atoms with E-state index in [-0.39, 0.29) is 18.4 Å². The van der Waals surface area contributed by atoms with Crippen molar-refractivity contribution in [3.63, 3.8) is 0 Å². The Hall–Kier alpha value is -2.66. The second-order valence-electron chi connectivity index (χ2n) is 6.20. The largest absolute Gasteiger partial charge is 0.440 e. The molecule has 0 radical (unpaired) electrons. The van der Waals surface area contributed by atoms with Crippen LogP contribution in [0.15, 0.2) is 52.9 Å². The van der Waals surface area contributed by atoms with Crippen LogP contribution in [0.3, 0.4) is 0 Å². The van der Waals surface area contributed by atoms with Crippen LogP contribution in [-0.2, 0) is 4.79 Å². The van der Waals surface area contributed by atoms with Crippen LogP contribution >= 0.6 is 0 Å². The van der Waals surface area contributed by atoms with E-state index >= 15 is 0 Å². The molecule has 24 heavy (non-hydrogen) atoms. The SMILES string of the molecule is NCC(C(=O)Nc1ccc2oc(C3CC3)nc2c1)c1ccccc1. The zero-order chi connectivity index (χ0) is 16.5. The molecule has 2 aromatic carbocycles. The predicted molar refractivity (Wildman–Crippen MR) is 92.9 cm³/mol. The van der Waals surface area contributed by atoms with Gasteiger partial charge >= 0.3 is 0 Å². The highest BCUT2D eigenvalue weighted by Crippen LogP contribution is 2.40. The Balaban J connectivity index is 1.55. The van der Waals surface area contributed by atoms with Gasteiger partial charge in [0.25, 0.3) is 0 Å². The van der Waals surface area contributed by atoms with Crippen LogP contribution in [0.4, 0.5) is 5.69 Å². The Kier molecular flexibility index (Phi) is 3.78.